The van der Waals surface area contributed by atoms with Crippen molar-refractivity contribution in [1.82, 2.24) is 9.97 Å². The van der Waals surface area contributed by atoms with Gasteiger partial charge in [0.15, 0.2) is 17.3 Å². The van der Waals surface area contributed by atoms with Crippen molar-refractivity contribution in [1.29, 1.82) is 0 Å². The number of aliphatic hydroxyl groups excluding tert-OH is 1. The van der Waals surface area contributed by atoms with E-state index in [0.29, 0.717) is 15.1 Å². The molecular weight excluding hydrogens is 359 g/mol. The number of aromatic hydroxyl groups is 1. The number of thiophene rings is 1. The van der Waals surface area contributed by atoms with Crippen LogP contribution in [-0.2, 0) is 0 Å². The van der Waals surface area contributed by atoms with Gasteiger partial charge in [0.05, 0.1) is 28.3 Å². The minimum Gasteiger partial charge on any atom is -0.505 e. The number of phenolic OH excluding ortho intramolecular Hbond substituents is 1. The minimum absolute atomic E-state index is 0.0386. The molecule has 0 saturated carbocycles. The highest BCUT2D eigenvalue weighted by Crippen LogP contribution is 2.40. The number of nitrogens with zero attached hydrogens (tertiary/aromatic N) is 2. The number of anilines is 2. The Balaban J connectivity index is 2.33. The molecule has 136 valence electrons. The first-order valence-electron chi connectivity index (χ1n) is 7.79. The Labute approximate surface area is 152 Å². The molecule has 7 nitrogen and oxygen atoms in total. The van der Waals surface area contributed by atoms with E-state index in [1.165, 1.54) is 25.1 Å². The number of Topliss-reactive ketones (excluding diaryl/α,β-unsaturated/α-hetero) is 1. The third-order valence-electron chi connectivity index (χ3n) is 3.79. The second kappa shape index (κ2) is 6.85. The van der Waals surface area contributed by atoms with E-state index >= 15 is 0 Å². The van der Waals surface area contributed by atoms with Gasteiger partial charge < -0.3 is 21.3 Å². The summed E-state index contributed by atoms with van der Waals surface area (Å²) in [7, 11) is 0. The van der Waals surface area contributed by atoms with Crippen LogP contribution in [0.5, 0.6) is 5.75 Å². The van der Waals surface area contributed by atoms with Crippen LogP contribution >= 0.6 is 11.3 Å². The van der Waals surface area contributed by atoms with E-state index in [1.807, 2.05) is 0 Å². The topological polar surface area (TPSA) is 121 Å². The van der Waals surface area contributed by atoms with Gasteiger partial charge >= 0.3 is 0 Å². The molecule has 26 heavy (non-hydrogen) atoms. The number of nitrogens with two attached hydrogens (primary N) is 1. The summed E-state index contributed by atoms with van der Waals surface area (Å²) in [5, 5.41) is 22.2. The van der Waals surface area contributed by atoms with Gasteiger partial charge in [-0.25, -0.2) is 14.4 Å². The Morgan fingerprint density at radius 3 is 2.81 bits per heavy atom. The molecule has 0 aliphatic carbocycles. The summed E-state index contributed by atoms with van der Waals surface area (Å²) < 4.78 is 14.5. The number of carbonyl (C=O) groups is 1. The van der Waals surface area contributed by atoms with Gasteiger partial charge in [-0.05, 0) is 19.1 Å². The molecule has 0 radical (unpaired) electrons. The molecule has 5 N–H and O–H groups in total. The Morgan fingerprint density at radius 1 is 1.42 bits per heavy atom. The summed E-state index contributed by atoms with van der Waals surface area (Å²) in [6.45, 7) is 2.96. The number of carbonyl (C=O) groups excluding carboxylic acids is 1. The van der Waals surface area contributed by atoms with Crippen molar-refractivity contribution in [2.75, 3.05) is 17.7 Å². The summed E-state index contributed by atoms with van der Waals surface area (Å²) in [6, 6.07) is 3.83. The molecule has 2 heterocycles. The van der Waals surface area contributed by atoms with Gasteiger partial charge in [-0.2, -0.15) is 0 Å². The minimum atomic E-state index is -0.844. The Kier molecular flexibility index (Phi) is 4.75. The van der Waals surface area contributed by atoms with Gasteiger partial charge in [0.1, 0.15) is 4.83 Å². The lowest BCUT2D eigenvalue weighted by atomic mass is 10.1. The number of ketones is 1. The normalized spacial score (nSPS) is 12.3. The summed E-state index contributed by atoms with van der Waals surface area (Å²) in [5.41, 5.74) is 6.49. The van der Waals surface area contributed by atoms with Crippen molar-refractivity contribution in [2.24, 2.45) is 0 Å². The molecule has 0 spiro atoms. The smallest absolute Gasteiger partial charge is 0.224 e. The number of nitrogen functional groups attached to an aromatic ring is 1. The Morgan fingerprint density at radius 2 is 2.15 bits per heavy atom. The highest BCUT2D eigenvalue weighted by molar-refractivity contribution is 7.21. The van der Waals surface area contributed by atoms with Crippen LogP contribution in [0, 0.1) is 5.82 Å². The number of nitrogens with one attached hydrogen (secondary N) is 1. The number of hydrogen-bond acceptors (Lipinski definition) is 8. The number of fused-ring (bicyclic) bond motifs is 1. The van der Waals surface area contributed by atoms with Crippen molar-refractivity contribution < 1.29 is 19.4 Å². The van der Waals surface area contributed by atoms with Crippen molar-refractivity contribution in [3.63, 3.8) is 0 Å². The fourth-order valence-electron chi connectivity index (χ4n) is 2.51. The lowest BCUT2D eigenvalue weighted by molar-refractivity contribution is 0.102. The molecule has 0 unspecified atom stereocenters. The van der Waals surface area contributed by atoms with Gasteiger partial charge in [-0.3, -0.25) is 4.79 Å². The van der Waals surface area contributed by atoms with E-state index in [-0.39, 0.29) is 41.3 Å². The van der Waals surface area contributed by atoms with Crippen LogP contribution in [0.2, 0.25) is 0 Å². The van der Waals surface area contributed by atoms with Crippen molar-refractivity contribution in [3.8, 4) is 17.0 Å². The maximum absolute atomic E-state index is 14.5. The third-order valence-corrected chi connectivity index (χ3v) is 4.99. The molecular formula is C17H17FN4O3S. The SMILES string of the molecule is CC(=O)c1sc2nc(N[C@H](C)CO)nc(-c3cccc(O)c3F)c2c1N. The molecule has 0 amide bonds. The molecule has 1 aromatic carbocycles. The average Bonchev–Trinajstić information content (AvgIpc) is 2.93. The number of aromatic nitrogens is 2. The number of aliphatic hydroxyl groups is 1. The Bertz CT molecular complexity index is 1010. The van der Waals surface area contributed by atoms with Gasteiger partial charge in [0, 0.05) is 18.5 Å². The third kappa shape index (κ3) is 3.06. The molecule has 0 aliphatic heterocycles. The van der Waals surface area contributed by atoms with Crippen LogP contribution in [0.4, 0.5) is 16.0 Å². The first-order valence-corrected chi connectivity index (χ1v) is 8.61. The van der Waals surface area contributed by atoms with E-state index in [2.05, 4.69) is 15.3 Å². The summed E-state index contributed by atoms with van der Waals surface area (Å²) in [6.07, 6.45) is 0. The van der Waals surface area contributed by atoms with Gasteiger partial charge in [-0.1, -0.05) is 6.07 Å². The fraction of sp³-hybridized carbons (Fsp3) is 0.235. The number of hydrogen-bond donors (Lipinski definition) is 4. The average molecular weight is 376 g/mol. The predicted molar refractivity (Wildman–Crippen MR) is 99.1 cm³/mol. The van der Waals surface area contributed by atoms with Crippen LogP contribution in [0.25, 0.3) is 21.5 Å². The zero-order valence-electron chi connectivity index (χ0n) is 14.1. The molecule has 2 aromatic heterocycles. The molecule has 9 heteroatoms. The van der Waals surface area contributed by atoms with Crippen LogP contribution in [0.15, 0.2) is 18.2 Å². The van der Waals surface area contributed by atoms with Crippen LogP contribution in [0.1, 0.15) is 23.5 Å². The zero-order chi connectivity index (χ0) is 19.0. The van der Waals surface area contributed by atoms with Crippen LogP contribution in [0.3, 0.4) is 0 Å². The second-order valence-corrected chi connectivity index (χ2v) is 6.84. The lowest BCUT2D eigenvalue weighted by Gasteiger charge is -2.13. The van der Waals surface area contributed by atoms with Crippen molar-refractivity contribution >= 4 is 39.0 Å². The van der Waals surface area contributed by atoms with Gasteiger partial charge in [0.25, 0.3) is 0 Å². The van der Waals surface area contributed by atoms with E-state index in [0.717, 1.165) is 11.3 Å². The second-order valence-electron chi connectivity index (χ2n) is 5.84. The molecule has 0 aliphatic rings. The highest BCUT2D eigenvalue weighted by Gasteiger charge is 2.23. The highest BCUT2D eigenvalue weighted by atomic mass is 32.1. The number of rotatable bonds is 5. The van der Waals surface area contributed by atoms with Crippen molar-refractivity contribution in [3.05, 3.63) is 28.9 Å². The van der Waals surface area contributed by atoms with Gasteiger partial charge in [-0.15, -0.1) is 11.3 Å². The standard InChI is InChI=1S/C17H17FN4O3S/c1-7(6-23)20-17-21-14(9-4-3-5-10(25)12(9)18)11-13(19)15(8(2)24)26-16(11)22-17/h3-5,7,23,25H,6,19H2,1-2H3,(H,20,21,22)/t7-/m1/s1. The molecule has 3 aromatic rings. The quantitative estimate of drug-likeness (QED) is 0.505. The molecule has 3 rings (SSSR count). The predicted octanol–water partition coefficient (Wildman–Crippen LogP) is 2.78. The zero-order valence-corrected chi connectivity index (χ0v) is 14.9. The summed E-state index contributed by atoms with van der Waals surface area (Å²) in [4.78, 5) is 21.2. The maximum Gasteiger partial charge on any atom is 0.224 e. The Hall–Kier alpha value is -2.78. The van der Waals surface area contributed by atoms with Crippen LogP contribution < -0.4 is 11.1 Å². The summed E-state index contributed by atoms with van der Waals surface area (Å²) in [5.74, 6) is -1.43. The maximum atomic E-state index is 14.5. The van der Waals surface area contributed by atoms with E-state index < -0.39 is 11.6 Å². The first-order chi connectivity index (χ1) is 12.3. The molecule has 0 saturated heterocycles. The van der Waals surface area contributed by atoms with E-state index in [4.69, 9.17) is 5.73 Å². The van der Waals surface area contributed by atoms with Gasteiger partial charge in [0.2, 0.25) is 5.95 Å². The number of benzene rings is 1. The first kappa shape index (κ1) is 18.0. The van der Waals surface area contributed by atoms with E-state index in [9.17, 15) is 19.4 Å². The fourth-order valence-corrected chi connectivity index (χ4v) is 3.50. The molecule has 0 bridgehead atoms. The molecule has 0 fully saturated rings. The number of halogens is 1. The van der Waals surface area contributed by atoms with E-state index in [1.54, 1.807) is 6.92 Å². The van der Waals surface area contributed by atoms with Crippen molar-refractivity contribution in [2.45, 2.75) is 19.9 Å². The molecule has 1 atom stereocenters. The monoisotopic (exact) mass is 376 g/mol. The van der Waals surface area contributed by atoms with Crippen LogP contribution in [-0.4, -0.2) is 38.6 Å². The number of phenols is 1. The lowest BCUT2D eigenvalue weighted by Crippen LogP contribution is -2.21. The largest absolute Gasteiger partial charge is 0.505 e. The summed E-state index contributed by atoms with van der Waals surface area (Å²) >= 11 is 1.09.